The highest BCUT2D eigenvalue weighted by molar-refractivity contribution is 6.01. The Hall–Kier alpha value is -1.79. The highest BCUT2D eigenvalue weighted by atomic mass is 16.5. The molecule has 6 unspecified atom stereocenters. The van der Waals surface area contributed by atoms with E-state index in [-0.39, 0.29) is 29.5 Å². The summed E-state index contributed by atoms with van der Waals surface area (Å²) in [6, 6.07) is 0. The van der Waals surface area contributed by atoms with Crippen LogP contribution in [0.2, 0.25) is 0 Å². The van der Waals surface area contributed by atoms with E-state index in [0.717, 1.165) is 24.8 Å². The molecule has 4 aliphatic carbocycles. The van der Waals surface area contributed by atoms with Gasteiger partial charge in [0.15, 0.2) is 12.4 Å². The zero-order valence-corrected chi connectivity index (χ0v) is 17.4. The molecule has 0 heterocycles. The SMILES string of the molecule is CC(=O)OCC(=O)C1(O)CCC2(O)C3CCC4=CC(=O)C=CC4(C)C3CCC12C. The van der Waals surface area contributed by atoms with Gasteiger partial charge in [0.25, 0.3) is 0 Å². The number of hydrogen-bond acceptors (Lipinski definition) is 6. The molecule has 4 rings (SSSR count). The number of ether oxygens (including phenoxy) is 1. The van der Waals surface area contributed by atoms with Crippen molar-refractivity contribution < 1.29 is 29.3 Å². The van der Waals surface area contributed by atoms with E-state index in [4.69, 9.17) is 4.74 Å². The number of esters is 1. The molecule has 0 saturated heterocycles. The van der Waals surface area contributed by atoms with Gasteiger partial charge in [0.2, 0.25) is 5.78 Å². The van der Waals surface area contributed by atoms with Crippen LogP contribution in [-0.2, 0) is 19.1 Å². The Morgan fingerprint density at radius 1 is 1.14 bits per heavy atom. The molecule has 0 aromatic rings. The van der Waals surface area contributed by atoms with Crippen molar-refractivity contribution in [2.75, 3.05) is 6.61 Å². The first-order chi connectivity index (χ1) is 13.5. The minimum Gasteiger partial charge on any atom is -0.458 e. The van der Waals surface area contributed by atoms with Crippen molar-refractivity contribution in [2.24, 2.45) is 22.7 Å². The molecule has 29 heavy (non-hydrogen) atoms. The summed E-state index contributed by atoms with van der Waals surface area (Å²) in [5, 5.41) is 23.4. The molecule has 0 aromatic heterocycles. The summed E-state index contributed by atoms with van der Waals surface area (Å²) in [5.74, 6) is -1.01. The summed E-state index contributed by atoms with van der Waals surface area (Å²) in [4.78, 5) is 35.9. The average molecular weight is 402 g/mol. The van der Waals surface area contributed by atoms with E-state index in [1.807, 2.05) is 13.0 Å². The van der Waals surface area contributed by atoms with E-state index in [1.165, 1.54) is 6.92 Å². The Morgan fingerprint density at radius 3 is 2.55 bits per heavy atom. The third kappa shape index (κ3) is 2.58. The number of rotatable bonds is 3. The van der Waals surface area contributed by atoms with E-state index < -0.39 is 35.0 Å². The molecule has 6 nitrogen and oxygen atoms in total. The van der Waals surface area contributed by atoms with E-state index in [2.05, 4.69) is 6.92 Å². The molecule has 0 aromatic carbocycles. The van der Waals surface area contributed by atoms with E-state index in [1.54, 1.807) is 12.2 Å². The zero-order valence-electron chi connectivity index (χ0n) is 17.4. The Balaban J connectivity index is 1.67. The minimum absolute atomic E-state index is 0.0154. The highest BCUT2D eigenvalue weighted by Crippen LogP contribution is 2.68. The molecular formula is C23H30O6. The summed E-state index contributed by atoms with van der Waals surface area (Å²) in [7, 11) is 0. The minimum atomic E-state index is -1.71. The van der Waals surface area contributed by atoms with Crippen LogP contribution in [0.5, 0.6) is 0 Å². The molecule has 158 valence electrons. The molecule has 6 heteroatoms. The summed E-state index contributed by atoms with van der Waals surface area (Å²) >= 11 is 0. The van der Waals surface area contributed by atoms with Crippen molar-refractivity contribution in [1.29, 1.82) is 0 Å². The van der Waals surface area contributed by atoms with Crippen molar-refractivity contribution >= 4 is 17.5 Å². The molecule has 4 aliphatic rings. The number of ketones is 2. The van der Waals surface area contributed by atoms with Crippen LogP contribution in [0, 0.1) is 22.7 Å². The number of fused-ring (bicyclic) bond motifs is 5. The maximum atomic E-state index is 12.9. The average Bonchev–Trinajstić information content (AvgIpc) is 2.89. The fraction of sp³-hybridized carbons (Fsp3) is 0.696. The van der Waals surface area contributed by atoms with Crippen molar-refractivity contribution in [1.82, 2.24) is 0 Å². The number of carbonyl (C=O) groups is 3. The van der Waals surface area contributed by atoms with Gasteiger partial charge in [0.1, 0.15) is 5.60 Å². The quantitative estimate of drug-likeness (QED) is 0.703. The zero-order chi connectivity index (χ0) is 21.2. The van der Waals surface area contributed by atoms with Gasteiger partial charge in [-0.1, -0.05) is 25.5 Å². The van der Waals surface area contributed by atoms with Crippen LogP contribution in [0.25, 0.3) is 0 Å². The smallest absolute Gasteiger partial charge is 0.303 e. The standard InChI is InChI=1S/C23H30O6/c1-14(24)29-13-19(26)23(28)11-10-22(27)18-5-4-15-12-16(25)6-8-20(15,2)17(18)7-9-21(22,23)3/h6,8,12,17-18,27-28H,4-5,7,9-11,13H2,1-3H3. The Kier molecular flexibility index (Phi) is 4.49. The second-order valence-electron chi connectivity index (χ2n) is 9.80. The Bertz CT molecular complexity index is 842. The molecule has 2 N–H and O–H groups in total. The van der Waals surface area contributed by atoms with Gasteiger partial charge in [-0.05, 0) is 62.5 Å². The number of aliphatic hydroxyl groups is 2. The van der Waals surface area contributed by atoms with Crippen LogP contribution >= 0.6 is 0 Å². The van der Waals surface area contributed by atoms with Crippen molar-refractivity contribution in [3.63, 3.8) is 0 Å². The van der Waals surface area contributed by atoms with Gasteiger partial charge in [-0.2, -0.15) is 0 Å². The molecule has 0 spiro atoms. The fourth-order valence-corrected chi connectivity index (χ4v) is 6.92. The first-order valence-corrected chi connectivity index (χ1v) is 10.5. The predicted molar refractivity (Wildman–Crippen MR) is 105 cm³/mol. The second-order valence-corrected chi connectivity index (χ2v) is 9.80. The Morgan fingerprint density at radius 2 is 1.86 bits per heavy atom. The lowest BCUT2D eigenvalue weighted by Crippen LogP contribution is -2.66. The molecule has 6 atom stereocenters. The van der Waals surface area contributed by atoms with Gasteiger partial charge in [-0.3, -0.25) is 14.4 Å². The van der Waals surface area contributed by atoms with Crippen molar-refractivity contribution in [3.8, 4) is 0 Å². The van der Waals surface area contributed by atoms with Crippen LogP contribution in [0.1, 0.15) is 59.3 Å². The number of carbonyl (C=O) groups excluding carboxylic acids is 3. The first kappa shape index (κ1) is 20.5. The molecule has 3 saturated carbocycles. The maximum Gasteiger partial charge on any atom is 0.303 e. The lowest BCUT2D eigenvalue weighted by atomic mass is 9.45. The van der Waals surface area contributed by atoms with Crippen molar-refractivity contribution in [2.45, 2.75) is 70.5 Å². The first-order valence-electron chi connectivity index (χ1n) is 10.5. The summed E-state index contributed by atoms with van der Waals surface area (Å²) in [6.07, 6.45) is 8.55. The molecule has 0 bridgehead atoms. The monoisotopic (exact) mass is 402 g/mol. The summed E-state index contributed by atoms with van der Waals surface area (Å²) in [5.41, 5.74) is -3.05. The predicted octanol–water partition coefficient (Wildman–Crippen LogP) is 2.27. The van der Waals surface area contributed by atoms with Gasteiger partial charge < -0.3 is 14.9 Å². The number of Topliss-reactive ketones (excluding diaryl/α,β-unsaturated/α-hetero) is 1. The van der Waals surface area contributed by atoms with E-state index in [0.29, 0.717) is 12.8 Å². The van der Waals surface area contributed by atoms with Gasteiger partial charge >= 0.3 is 5.97 Å². The highest BCUT2D eigenvalue weighted by Gasteiger charge is 2.73. The second kappa shape index (κ2) is 6.35. The van der Waals surface area contributed by atoms with E-state index in [9.17, 15) is 24.6 Å². The van der Waals surface area contributed by atoms with Gasteiger partial charge in [-0.25, -0.2) is 0 Å². The van der Waals surface area contributed by atoms with Gasteiger partial charge in [0, 0.05) is 17.8 Å². The van der Waals surface area contributed by atoms with Crippen LogP contribution in [0.4, 0.5) is 0 Å². The lowest BCUT2D eigenvalue weighted by Gasteiger charge is -2.61. The fourth-order valence-electron chi connectivity index (χ4n) is 6.92. The van der Waals surface area contributed by atoms with E-state index >= 15 is 0 Å². The van der Waals surface area contributed by atoms with Gasteiger partial charge in [0.05, 0.1) is 5.60 Å². The topological polar surface area (TPSA) is 101 Å². The summed E-state index contributed by atoms with van der Waals surface area (Å²) < 4.78 is 4.86. The largest absolute Gasteiger partial charge is 0.458 e. The molecule has 0 radical (unpaired) electrons. The van der Waals surface area contributed by atoms with Crippen LogP contribution < -0.4 is 0 Å². The third-order valence-electron chi connectivity index (χ3n) is 8.76. The Labute approximate surface area is 171 Å². The van der Waals surface area contributed by atoms with Crippen molar-refractivity contribution in [3.05, 3.63) is 23.8 Å². The molecule has 0 aliphatic heterocycles. The van der Waals surface area contributed by atoms with Crippen LogP contribution in [0.15, 0.2) is 23.8 Å². The normalized spacial score (nSPS) is 45.7. The number of hydrogen-bond donors (Lipinski definition) is 2. The number of allylic oxidation sites excluding steroid dienone is 4. The van der Waals surface area contributed by atoms with Gasteiger partial charge in [-0.15, -0.1) is 0 Å². The third-order valence-corrected chi connectivity index (χ3v) is 8.76. The lowest BCUT2D eigenvalue weighted by molar-refractivity contribution is -0.214. The van der Waals surface area contributed by atoms with Crippen LogP contribution in [0.3, 0.4) is 0 Å². The summed E-state index contributed by atoms with van der Waals surface area (Å²) in [6.45, 7) is 4.71. The molecule has 0 amide bonds. The van der Waals surface area contributed by atoms with Crippen LogP contribution in [-0.4, -0.2) is 45.6 Å². The molecular weight excluding hydrogens is 372 g/mol. The molecule has 3 fully saturated rings. The maximum absolute atomic E-state index is 12.9.